The van der Waals surface area contributed by atoms with Crippen molar-refractivity contribution in [3.63, 3.8) is 0 Å². The molecule has 139 valence electrons. The Kier molecular flexibility index (Phi) is 3.57. The molecule has 3 heterocycles. The molecule has 6 nitrogen and oxygen atoms in total. The highest BCUT2D eigenvalue weighted by atomic mass is 15.2. The van der Waals surface area contributed by atoms with E-state index in [0.29, 0.717) is 0 Å². The topological polar surface area (TPSA) is 84.3 Å². The van der Waals surface area contributed by atoms with Gasteiger partial charge in [-0.1, -0.05) is 42.5 Å². The third kappa shape index (κ3) is 2.65. The third-order valence-electron chi connectivity index (χ3n) is 5.52. The summed E-state index contributed by atoms with van der Waals surface area (Å²) < 4.78 is 0. The Morgan fingerprint density at radius 1 is 0.862 bits per heavy atom. The molecule has 1 unspecified atom stereocenters. The molecule has 0 fully saturated rings. The minimum Gasteiger partial charge on any atom is -0.277 e. The van der Waals surface area contributed by atoms with Gasteiger partial charge in [0.15, 0.2) is 5.82 Å². The van der Waals surface area contributed by atoms with E-state index in [1.165, 1.54) is 23.0 Å². The summed E-state index contributed by atoms with van der Waals surface area (Å²) >= 11 is 0. The van der Waals surface area contributed by atoms with Gasteiger partial charge in [-0.05, 0) is 41.0 Å². The quantitative estimate of drug-likeness (QED) is 0.494. The first kappa shape index (κ1) is 16.2. The second-order valence-electron chi connectivity index (χ2n) is 7.23. The van der Waals surface area contributed by atoms with Crippen LogP contribution in [-0.4, -0.2) is 25.4 Å². The normalized spacial score (nSPS) is 15.7. The largest absolute Gasteiger partial charge is 0.277 e. The van der Waals surface area contributed by atoms with Crippen molar-refractivity contribution in [2.75, 3.05) is 0 Å². The highest BCUT2D eigenvalue weighted by Gasteiger charge is 2.24. The number of hydrogen-bond donors (Lipinski definition) is 2. The van der Waals surface area contributed by atoms with Gasteiger partial charge in [0.1, 0.15) is 6.33 Å². The molecule has 0 saturated heterocycles. The summed E-state index contributed by atoms with van der Waals surface area (Å²) in [4.78, 5) is 4.26. The molecular weight excluding hydrogens is 360 g/mol. The van der Waals surface area contributed by atoms with E-state index >= 15 is 0 Å². The molecule has 29 heavy (non-hydrogen) atoms. The number of hydrogen-bond acceptors (Lipinski definition) is 3. The van der Waals surface area contributed by atoms with Crippen LogP contribution in [0.5, 0.6) is 0 Å². The molecule has 5 aromatic rings. The van der Waals surface area contributed by atoms with E-state index in [-0.39, 0.29) is 6.04 Å². The maximum absolute atomic E-state index is 4.86. The zero-order chi connectivity index (χ0) is 19.2. The first-order chi connectivity index (χ1) is 14.4. The maximum Gasteiger partial charge on any atom is 0.155 e. The average molecular weight is 377 g/mol. The van der Waals surface area contributed by atoms with Gasteiger partial charge in [0, 0.05) is 23.1 Å². The van der Waals surface area contributed by atoms with Gasteiger partial charge in [0.25, 0.3) is 0 Å². The number of nitrogens with one attached hydrogen (secondary N) is 2. The minimum atomic E-state index is 0.0844. The molecule has 0 amide bonds. The Balaban J connectivity index is 1.44. The lowest BCUT2D eigenvalue weighted by molar-refractivity contribution is 0.651. The van der Waals surface area contributed by atoms with E-state index in [9.17, 15) is 0 Å². The van der Waals surface area contributed by atoms with Gasteiger partial charge in [0.2, 0.25) is 0 Å². The Hall–Kier alpha value is -3.77. The number of H-pyrrole nitrogens is 2. The van der Waals surface area contributed by atoms with Crippen molar-refractivity contribution in [3.05, 3.63) is 89.7 Å². The second-order valence-corrected chi connectivity index (χ2v) is 7.23. The standard InChI is InChI=1S/C23H17N6/c1-2-7-18-17(4-1)12-24-21(18)14-5-3-6-15(10-14)22-19-11-16(23-25-13-26-29-23)8-9-20(19)27-28-22/h1-11,13,21H,12H2,(H,27,28)(H,25,26,29). The van der Waals surface area contributed by atoms with Crippen molar-refractivity contribution in [1.29, 1.82) is 0 Å². The molecule has 6 rings (SSSR count). The van der Waals surface area contributed by atoms with Crippen LogP contribution in [-0.2, 0) is 6.54 Å². The summed E-state index contributed by atoms with van der Waals surface area (Å²) in [6.45, 7) is 0.775. The van der Waals surface area contributed by atoms with Gasteiger partial charge in [-0.2, -0.15) is 10.2 Å². The van der Waals surface area contributed by atoms with Crippen LogP contribution in [0.1, 0.15) is 22.7 Å². The fourth-order valence-electron chi connectivity index (χ4n) is 4.10. The Morgan fingerprint density at radius 2 is 1.83 bits per heavy atom. The maximum atomic E-state index is 4.86. The number of aromatic nitrogens is 5. The van der Waals surface area contributed by atoms with E-state index < -0.39 is 0 Å². The van der Waals surface area contributed by atoms with Crippen molar-refractivity contribution < 1.29 is 0 Å². The van der Waals surface area contributed by atoms with Gasteiger partial charge < -0.3 is 0 Å². The molecule has 1 radical (unpaired) electrons. The number of aromatic amines is 2. The number of benzene rings is 3. The molecule has 0 bridgehead atoms. The van der Waals surface area contributed by atoms with Gasteiger partial charge in [0.05, 0.1) is 17.3 Å². The van der Waals surface area contributed by atoms with Crippen LogP contribution < -0.4 is 5.32 Å². The second kappa shape index (κ2) is 6.39. The van der Waals surface area contributed by atoms with Gasteiger partial charge in [-0.3, -0.25) is 10.2 Å². The lowest BCUT2D eigenvalue weighted by Crippen LogP contribution is -2.06. The summed E-state index contributed by atoms with van der Waals surface area (Å²) in [5.41, 5.74) is 7.76. The molecule has 0 aliphatic carbocycles. The third-order valence-corrected chi connectivity index (χ3v) is 5.52. The van der Waals surface area contributed by atoms with E-state index in [0.717, 1.165) is 40.1 Å². The highest BCUT2D eigenvalue weighted by molar-refractivity contribution is 5.95. The van der Waals surface area contributed by atoms with Gasteiger partial charge >= 0.3 is 0 Å². The average Bonchev–Trinajstić information content (AvgIpc) is 3.52. The van der Waals surface area contributed by atoms with Crippen LogP contribution in [0.3, 0.4) is 0 Å². The van der Waals surface area contributed by atoms with Crippen LogP contribution >= 0.6 is 0 Å². The van der Waals surface area contributed by atoms with E-state index in [1.54, 1.807) is 0 Å². The van der Waals surface area contributed by atoms with Crippen LogP contribution in [0, 0.1) is 0 Å². The zero-order valence-electron chi connectivity index (χ0n) is 15.5. The van der Waals surface area contributed by atoms with Crippen LogP contribution in [0.4, 0.5) is 0 Å². The first-order valence-electron chi connectivity index (χ1n) is 9.55. The Morgan fingerprint density at radius 3 is 2.76 bits per heavy atom. The van der Waals surface area contributed by atoms with Crippen LogP contribution in [0.25, 0.3) is 33.5 Å². The first-order valence-corrected chi connectivity index (χ1v) is 9.55. The van der Waals surface area contributed by atoms with E-state index in [4.69, 9.17) is 5.32 Å². The van der Waals surface area contributed by atoms with E-state index in [2.05, 4.69) is 80.0 Å². The van der Waals surface area contributed by atoms with E-state index in [1.807, 2.05) is 12.1 Å². The molecular formula is C23H17N6. The molecule has 1 aliphatic rings. The summed E-state index contributed by atoms with van der Waals surface area (Å²) in [7, 11) is 0. The van der Waals surface area contributed by atoms with Crippen molar-refractivity contribution in [2.45, 2.75) is 12.6 Å². The molecule has 0 spiro atoms. The fraction of sp³-hybridized carbons (Fsp3) is 0.0870. The minimum absolute atomic E-state index is 0.0844. The highest BCUT2D eigenvalue weighted by Crippen LogP contribution is 2.35. The Labute approximate surface area is 167 Å². The lowest BCUT2D eigenvalue weighted by Gasteiger charge is -2.12. The molecule has 3 aromatic carbocycles. The fourth-order valence-corrected chi connectivity index (χ4v) is 4.10. The zero-order valence-corrected chi connectivity index (χ0v) is 15.5. The summed E-state index contributed by atoms with van der Waals surface area (Å²) in [5, 5.41) is 20.5. The SMILES string of the molecule is c1cc(-c2n[nH]c3ccc(-c4ncn[nH]4)cc23)cc(C2[N]Cc3ccccc32)c1. The molecule has 1 atom stereocenters. The van der Waals surface area contributed by atoms with Crippen molar-refractivity contribution >= 4 is 10.9 Å². The van der Waals surface area contributed by atoms with Crippen LogP contribution in [0.2, 0.25) is 0 Å². The predicted molar refractivity (Wildman–Crippen MR) is 111 cm³/mol. The summed E-state index contributed by atoms with van der Waals surface area (Å²) in [6, 6.07) is 23.2. The Bertz CT molecular complexity index is 1320. The van der Waals surface area contributed by atoms with Gasteiger partial charge in [-0.15, -0.1) is 0 Å². The molecule has 1 aliphatic heterocycles. The number of rotatable bonds is 3. The monoisotopic (exact) mass is 377 g/mol. The number of fused-ring (bicyclic) bond motifs is 2. The molecule has 0 saturated carbocycles. The smallest absolute Gasteiger partial charge is 0.155 e. The lowest BCUT2D eigenvalue weighted by atomic mass is 9.96. The number of nitrogens with zero attached hydrogens (tertiary/aromatic N) is 4. The van der Waals surface area contributed by atoms with Crippen LogP contribution in [0.15, 0.2) is 73.1 Å². The summed E-state index contributed by atoms with van der Waals surface area (Å²) in [6.07, 6.45) is 1.52. The molecule has 2 aromatic heterocycles. The molecule has 6 heteroatoms. The van der Waals surface area contributed by atoms with Crippen molar-refractivity contribution in [1.82, 2.24) is 30.7 Å². The van der Waals surface area contributed by atoms with Gasteiger partial charge in [-0.25, -0.2) is 10.3 Å². The summed E-state index contributed by atoms with van der Waals surface area (Å²) in [5.74, 6) is 0.745. The predicted octanol–water partition coefficient (Wildman–Crippen LogP) is 4.22. The van der Waals surface area contributed by atoms with Crippen molar-refractivity contribution in [2.24, 2.45) is 0 Å². The van der Waals surface area contributed by atoms with Crippen molar-refractivity contribution in [3.8, 4) is 22.6 Å². The molecule has 2 N–H and O–H groups in total.